The van der Waals surface area contributed by atoms with Crippen LogP contribution in [0.3, 0.4) is 0 Å². The summed E-state index contributed by atoms with van der Waals surface area (Å²) in [5.41, 5.74) is 1.73. The predicted octanol–water partition coefficient (Wildman–Crippen LogP) is 3.17. The van der Waals surface area contributed by atoms with Crippen molar-refractivity contribution in [3.8, 4) is 16.9 Å². The lowest BCUT2D eigenvalue weighted by atomic mass is 10.1. The van der Waals surface area contributed by atoms with Gasteiger partial charge in [-0.2, -0.15) is 0 Å². The van der Waals surface area contributed by atoms with Crippen LogP contribution in [0, 0.1) is 0 Å². The van der Waals surface area contributed by atoms with E-state index in [-0.39, 0.29) is 11.8 Å². The summed E-state index contributed by atoms with van der Waals surface area (Å²) in [5, 5.41) is 9.03. The van der Waals surface area contributed by atoms with E-state index in [4.69, 9.17) is 9.84 Å². The number of H-pyrrole nitrogens is 1. The highest BCUT2D eigenvalue weighted by atomic mass is 16.5. The fraction of sp³-hybridized carbons (Fsp3) is 0.214. The van der Waals surface area contributed by atoms with Gasteiger partial charge in [0, 0.05) is 11.8 Å². The molecule has 0 saturated heterocycles. The van der Waals surface area contributed by atoms with Crippen molar-refractivity contribution in [1.29, 1.82) is 0 Å². The van der Waals surface area contributed by atoms with Crippen LogP contribution in [0.2, 0.25) is 0 Å². The van der Waals surface area contributed by atoms with Crippen LogP contribution in [0.25, 0.3) is 11.1 Å². The molecule has 2 aromatic rings. The standard InChI is InChI=1S/C14H15NO3/c1-9(2)18-11-5-3-10(4-6-11)12-7-8-15-13(12)14(16)17/h3-9,15H,1-2H3,(H,16,17). The largest absolute Gasteiger partial charge is 0.491 e. The third kappa shape index (κ3) is 2.53. The van der Waals surface area contributed by atoms with Gasteiger partial charge in [0.1, 0.15) is 11.4 Å². The van der Waals surface area contributed by atoms with Crippen molar-refractivity contribution in [2.75, 3.05) is 0 Å². The number of nitrogens with one attached hydrogen (secondary N) is 1. The number of carbonyl (C=O) groups is 1. The van der Waals surface area contributed by atoms with E-state index >= 15 is 0 Å². The van der Waals surface area contributed by atoms with Crippen molar-refractivity contribution in [3.05, 3.63) is 42.2 Å². The Morgan fingerprint density at radius 2 is 1.89 bits per heavy atom. The van der Waals surface area contributed by atoms with Gasteiger partial charge in [0.05, 0.1) is 6.10 Å². The van der Waals surface area contributed by atoms with Crippen LogP contribution in [-0.4, -0.2) is 22.2 Å². The molecule has 0 aliphatic heterocycles. The molecule has 4 heteroatoms. The number of benzene rings is 1. The first-order valence-corrected chi connectivity index (χ1v) is 5.75. The van der Waals surface area contributed by atoms with Gasteiger partial charge in [0.15, 0.2) is 0 Å². The van der Waals surface area contributed by atoms with Gasteiger partial charge in [0.2, 0.25) is 0 Å². The Balaban J connectivity index is 2.29. The normalized spacial score (nSPS) is 10.6. The van der Waals surface area contributed by atoms with E-state index in [0.29, 0.717) is 5.56 Å². The predicted molar refractivity (Wildman–Crippen MR) is 69.0 cm³/mol. The molecule has 18 heavy (non-hydrogen) atoms. The van der Waals surface area contributed by atoms with Gasteiger partial charge in [-0.15, -0.1) is 0 Å². The van der Waals surface area contributed by atoms with Gasteiger partial charge in [-0.1, -0.05) is 12.1 Å². The summed E-state index contributed by atoms with van der Waals surface area (Å²) in [6, 6.07) is 9.14. The van der Waals surface area contributed by atoms with Crippen LogP contribution >= 0.6 is 0 Å². The van der Waals surface area contributed by atoms with Crippen molar-refractivity contribution in [1.82, 2.24) is 4.98 Å². The van der Waals surface area contributed by atoms with Crippen molar-refractivity contribution in [2.24, 2.45) is 0 Å². The number of rotatable bonds is 4. The van der Waals surface area contributed by atoms with E-state index in [0.717, 1.165) is 11.3 Å². The second-order valence-corrected chi connectivity index (χ2v) is 4.26. The lowest BCUT2D eigenvalue weighted by molar-refractivity contribution is 0.0692. The van der Waals surface area contributed by atoms with Crippen molar-refractivity contribution in [3.63, 3.8) is 0 Å². The van der Waals surface area contributed by atoms with Gasteiger partial charge < -0.3 is 14.8 Å². The molecule has 1 aromatic carbocycles. The molecule has 4 nitrogen and oxygen atoms in total. The van der Waals surface area contributed by atoms with Crippen LogP contribution in [0.1, 0.15) is 24.3 Å². The van der Waals surface area contributed by atoms with E-state index < -0.39 is 5.97 Å². The summed E-state index contributed by atoms with van der Waals surface area (Å²) in [6.07, 6.45) is 1.75. The molecule has 0 spiro atoms. The van der Waals surface area contributed by atoms with Crippen LogP contribution in [0.5, 0.6) is 5.75 Å². The lowest BCUT2D eigenvalue weighted by Crippen LogP contribution is -2.05. The lowest BCUT2D eigenvalue weighted by Gasteiger charge is -2.10. The number of aromatic carboxylic acids is 1. The molecule has 0 aliphatic rings. The first-order valence-electron chi connectivity index (χ1n) is 5.75. The highest BCUT2D eigenvalue weighted by Crippen LogP contribution is 2.25. The molecule has 0 bridgehead atoms. The van der Waals surface area contributed by atoms with E-state index in [1.807, 2.05) is 38.1 Å². The average molecular weight is 245 g/mol. The van der Waals surface area contributed by atoms with Crippen molar-refractivity contribution >= 4 is 5.97 Å². The second-order valence-electron chi connectivity index (χ2n) is 4.26. The molecule has 2 rings (SSSR count). The Kier molecular flexibility index (Phi) is 3.37. The molecule has 0 saturated carbocycles. The minimum absolute atomic E-state index is 0.123. The quantitative estimate of drug-likeness (QED) is 0.869. The Morgan fingerprint density at radius 3 is 2.44 bits per heavy atom. The van der Waals surface area contributed by atoms with E-state index in [9.17, 15) is 4.79 Å². The number of aromatic amines is 1. The smallest absolute Gasteiger partial charge is 0.352 e. The molecule has 0 radical (unpaired) electrons. The summed E-state index contributed by atoms with van der Waals surface area (Å²) >= 11 is 0. The molecule has 0 fully saturated rings. The van der Waals surface area contributed by atoms with Gasteiger partial charge >= 0.3 is 5.97 Å². The average Bonchev–Trinajstić information content (AvgIpc) is 2.78. The second kappa shape index (κ2) is 4.96. The summed E-state index contributed by atoms with van der Waals surface area (Å²) in [5.74, 6) is -0.182. The van der Waals surface area contributed by atoms with Crippen molar-refractivity contribution in [2.45, 2.75) is 20.0 Å². The summed E-state index contributed by atoms with van der Waals surface area (Å²) in [4.78, 5) is 13.7. The molecule has 0 unspecified atom stereocenters. The molecule has 0 aliphatic carbocycles. The SMILES string of the molecule is CC(C)Oc1ccc(-c2cc[nH]c2C(=O)O)cc1. The fourth-order valence-corrected chi connectivity index (χ4v) is 1.77. The minimum atomic E-state index is -0.961. The van der Waals surface area contributed by atoms with Crippen LogP contribution < -0.4 is 4.74 Å². The number of carboxylic acid groups (broad SMARTS) is 1. The first-order chi connectivity index (χ1) is 8.58. The zero-order valence-corrected chi connectivity index (χ0v) is 10.3. The topological polar surface area (TPSA) is 62.3 Å². The van der Waals surface area contributed by atoms with E-state index in [1.165, 1.54) is 0 Å². The number of hydrogen-bond donors (Lipinski definition) is 2. The van der Waals surface area contributed by atoms with Gasteiger partial charge in [-0.25, -0.2) is 4.79 Å². The van der Waals surface area contributed by atoms with E-state index in [2.05, 4.69) is 4.98 Å². The Hall–Kier alpha value is -2.23. The Labute approximate surface area is 105 Å². The molecule has 94 valence electrons. The number of carboxylic acids is 1. The third-order valence-electron chi connectivity index (χ3n) is 2.50. The van der Waals surface area contributed by atoms with Gasteiger partial charge in [-0.3, -0.25) is 0 Å². The molecule has 2 N–H and O–H groups in total. The fourth-order valence-electron chi connectivity index (χ4n) is 1.77. The Morgan fingerprint density at radius 1 is 1.22 bits per heavy atom. The number of aromatic nitrogens is 1. The molecular formula is C14H15NO3. The highest BCUT2D eigenvalue weighted by Gasteiger charge is 2.12. The third-order valence-corrected chi connectivity index (χ3v) is 2.50. The summed E-state index contributed by atoms with van der Waals surface area (Å²) in [7, 11) is 0. The molecule has 1 heterocycles. The maximum Gasteiger partial charge on any atom is 0.352 e. The van der Waals surface area contributed by atoms with Crippen LogP contribution in [0.15, 0.2) is 36.5 Å². The maximum atomic E-state index is 11.0. The summed E-state index contributed by atoms with van der Waals surface area (Å²) < 4.78 is 5.54. The van der Waals surface area contributed by atoms with Crippen LogP contribution in [0.4, 0.5) is 0 Å². The number of hydrogen-bond acceptors (Lipinski definition) is 2. The van der Waals surface area contributed by atoms with E-state index in [1.54, 1.807) is 12.3 Å². The van der Waals surface area contributed by atoms with Gasteiger partial charge in [0.25, 0.3) is 0 Å². The summed E-state index contributed by atoms with van der Waals surface area (Å²) in [6.45, 7) is 3.92. The molecule has 0 atom stereocenters. The monoisotopic (exact) mass is 245 g/mol. The Bertz CT molecular complexity index is 540. The van der Waals surface area contributed by atoms with Crippen LogP contribution in [-0.2, 0) is 0 Å². The molecule has 0 amide bonds. The minimum Gasteiger partial charge on any atom is -0.491 e. The molecular weight excluding hydrogens is 230 g/mol. The first kappa shape index (κ1) is 12.2. The van der Waals surface area contributed by atoms with Gasteiger partial charge in [-0.05, 0) is 37.6 Å². The highest BCUT2D eigenvalue weighted by molar-refractivity contribution is 5.94. The van der Waals surface area contributed by atoms with Crippen molar-refractivity contribution < 1.29 is 14.6 Å². The number of ether oxygens (including phenoxy) is 1. The zero-order valence-electron chi connectivity index (χ0n) is 10.3. The molecule has 1 aromatic heterocycles. The maximum absolute atomic E-state index is 11.0. The zero-order chi connectivity index (χ0) is 13.1.